The molecular formula is C18H19F2N5O2. The number of hydrogen-bond acceptors (Lipinski definition) is 4. The van der Waals surface area contributed by atoms with E-state index >= 15 is 0 Å². The van der Waals surface area contributed by atoms with Gasteiger partial charge < -0.3 is 5.32 Å². The minimum atomic E-state index is -0.902. The number of aromatic nitrogens is 4. The molecule has 1 N–H and O–H groups in total. The molecule has 3 aromatic rings. The number of amides is 1. The summed E-state index contributed by atoms with van der Waals surface area (Å²) in [5, 5.41) is 11.3. The molecule has 27 heavy (non-hydrogen) atoms. The van der Waals surface area contributed by atoms with E-state index in [1.54, 1.807) is 17.8 Å². The third kappa shape index (κ3) is 3.57. The molecule has 2 heterocycles. The number of fused-ring (bicyclic) bond motifs is 1. The van der Waals surface area contributed by atoms with Gasteiger partial charge in [-0.25, -0.2) is 13.5 Å². The zero-order valence-corrected chi connectivity index (χ0v) is 15.4. The molecule has 0 saturated carbocycles. The molecule has 0 atom stereocenters. The lowest BCUT2D eigenvalue weighted by Crippen LogP contribution is -2.33. The highest BCUT2D eigenvalue weighted by Crippen LogP contribution is 2.20. The summed E-state index contributed by atoms with van der Waals surface area (Å²) >= 11 is 0. The van der Waals surface area contributed by atoms with Crippen LogP contribution >= 0.6 is 0 Å². The van der Waals surface area contributed by atoms with Gasteiger partial charge in [0.25, 0.3) is 5.56 Å². The van der Waals surface area contributed by atoms with Gasteiger partial charge in [0.15, 0.2) is 0 Å². The number of rotatable bonds is 3. The molecule has 1 amide bonds. The lowest BCUT2D eigenvalue weighted by atomic mass is 10.1. The highest BCUT2D eigenvalue weighted by atomic mass is 19.1. The Kier molecular flexibility index (Phi) is 4.54. The zero-order chi connectivity index (χ0) is 19.9. The van der Waals surface area contributed by atoms with E-state index < -0.39 is 35.2 Å². The summed E-state index contributed by atoms with van der Waals surface area (Å²) in [5.41, 5.74) is -0.201. The predicted molar refractivity (Wildman–Crippen MR) is 96.5 cm³/mol. The molecule has 0 saturated heterocycles. The zero-order valence-electron chi connectivity index (χ0n) is 15.4. The van der Waals surface area contributed by atoms with Crippen molar-refractivity contribution in [2.75, 3.05) is 5.32 Å². The second kappa shape index (κ2) is 6.57. The third-order valence-corrected chi connectivity index (χ3v) is 4.00. The van der Waals surface area contributed by atoms with Crippen LogP contribution in [0.5, 0.6) is 0 Å². The Morgan fingerprint density at radius 2 is 1.96 bits per heavy atom. The summed E-state index contributed by atoms with van der Waals surface area (Å²) < 4.78 is 29.3. The van der Waals surface area contributed by atoms with Crippen LogP contribution in [0.1, 0.15) is 26.5 Å². The van der Waals surface area contributed by atoms with Gasteiger partial charge in [0.1, 0.15) is 23.7 Å². The third-order valence-electron chi connectivity index (χ3n) is 4.00. The van der Waals surface area contributed by atoms with E-state index in [-0.39, 0.29) is 5.69 Å². The van der Waals surface area contributed by atoms with E-state index in [4.69, 9.17) is 0 Å². The van der Waals surface area contributed by atoms with Gasteiger partial charge in [0.2, 0.25) is 5.91 Å². The first-order valence-corrected chi connectivity index (χ1v) is 8.29. The monoisotopic (exact) mass is 375 g/mol. The molecule has 0 bridgehead atoms. The van der Waals surface area contributed by atoms with Gasteiger partial charge in [0.05, 0.1) is 23.1 Å². The van der Waals surface area contributed by atoms with E-state index in [1.165, 1.54) is 0 Å². The Balaban J connectivity index is 1.96. The first kappa shape index (κ1) is 18.7. The minimum absolute atomic E-state index is 0.174. The highest BCUT2D eigenvalue weighted by Gasteiger charge is 2.22. The first-order valence-electron chi connectivity index (χ1n) is 8.29. The number of halogens is 2. The molecule has 0 aliphatic carbocycles. The summed E-state index contributed by atoms with van der Waals surface area (Å²) in [6, 6.07) is 2.81. The minimum Gasteiger partial charge on any atom is -0.322 e. The van der Waals surface area contributed by atoms with Crippen molar-refractivity contribution in [3.63, 3.8) is 0 Å². The molecule has 2 aromatic heterocycles. The molecule has 9 heteroatoms. The van der Waals surface area contributed by atoms with Gasteiger partial charge in [-0.1, -0.05) is 0 Å². The molecule has 0 unspecified atom stereocenters. The topological polar surface area (TPSA) is 81.8 Å². The standard InChI is InChI=1S/C18H19F2N5O2/c1-10-12-8-21-25(18(2,3)4)16(12)17(27)24(23-10)9-15(26)22-14-6-5-11(19)7-13(14)20/h5-8H,9H2,1-4H3,(H,22,26). The van der Waals surface area contributed by atoms with Crippen LogP contribution in [0.3, 0.4) is 0 Å². The lowest BCUT2D eigenvalue weighted by Gasteiger charge is -2.20. The molecule has 142 valence electrons. The summed E-state index contributed by atoms with van der Waals surface area (Å²) in [4.78, 5) is 25.1. The van der Waals surface area contributed by atoms with Crippen LogP contribution in [0, 0.1) is 18.6 Å². The molecule has 0 aliphatic heterocycles. The van der Waals surface area contributed by atoms with Crippen molar-refractivity contribution in [1.82, 2.24) is 19.6 Å². The lowest BCUT2D eigenvalue weighted by molar-refractivity contribution is -0.117. The predicted octanol–water partition coefficient (Wildman–Crippen LogP) is 2.57. The molecule has 0 radical (unpaired) electrons. The normalized spacial score (nSPS) is 11.8. The van der Waals surface area contributed by atoms with Gasteiger partial charge in [-0.2, -0.15) is 10.2 Å². The van der Waals surface area contributed by atoms with Crippen molar-refractivity contribution >= 4 is 22.5 Å². The van der Waals surface area contributed by atoms with Crippen molar-refractivity contribution in [2.24, 2.45) is 0 Å². The summed E-state index contributed by atoms with van der Waals surface area (Å²) in [6.07, 6.45) is 1.57. The molecule has 1 aromatic carbocycles. The van der Waals surface area contributed by atoms with Crippen LogP contribution in [0.4, 0.5) is 14.5 Å². The average molecular weight is 375 g/mol. The number of hydrogen-bond donors (Lipinski definition) is 1. The Bertz CT molecular complexity index is 1100. The van der Waals surface area contributed by atoms with Gasteiger partial charge in [-0.3, -0.25) is 14.3 Å². The van der Waals surface area contributed by atoms with E-state index in [1.807, 2.05) is 20.8 Å². The Morgan fingerprint density at radius 3 is 2.59 bits per heavy atom. The fraction of sp³-hybridized carbons (Fsp3) is 0.333. The fourth-order valence-electron chi connectivity index (χ4n) is 2.75. The van der Waals surface area contributed by atoms with E-state index in [0.29, 0.717) is 22.7 Å². The fourth-order valence-corrected chi connectivity index (χ4v) is 2.75. The van der Waals surface area contributed by atoms with Gasteiger partial charge >= 0.3 is 0 Å². The Morgan fingerprint density at radius 1 is 1.26 bits per heavy atom. The van der Waals surface area contributed by atoms with Crippen LogP contribution < -0.4 is 10.9 Å². The van der Waals surface area contributed by atoms with Crippen molar-refractivity contribution in [3.05, 3.63) is 52.1 Å². The number of carbonyl (C=O) groups excluding carboxylic acids is 1. The van der Waals surface area contributed by atoms with Crippen molar-refractivity contribution in [3.8, 4) is 0 Å². The van der Waals surface area contributed by atoms with Crippen molar-refractivity contribution in [2.45, 2.75) is 39.8 Å². The summed E-state index contributed by atoms with van der Waals surface area (Å²) in [6.45, 7) is 7.02. The molecule has 3 rings (SSSR count). The maximum atomic E-state index is 13.7. The quantitative estimate of drug-likeness (QED) is 0.763. The number of benzene rings is 1. The number of carbonyl (C=O) groups is 1. The van der Waals surface area contributed by atoms with Crippen LogP contribution in [0.25, 0.3) is 10.9 Å². The maximum Gasteiger partial charge on any atom is 0.293 e. The van der Waals surface area contributed by atoms with Crippen LogP contribution in [0.15, 0.2) is 29.2 Å². The van der Waals surface area contributed by atoms with Gasteiger partial charge in [-0.15, -0.1) is 0 Å². The number of nitrogens with zero attached hydrogens (tertiary/aromatic N) is 4. The molecule has 0 spiro atoms. The Hall–Kier alpha value is -3.10. The summed E-state index contributed by atoms with van der Waals surface area (Å²) in [7, 11) is 0. The maximum absolute atomic E-state index is 13.7. The van der Waals surface area contributed by atoms with E-state index in [0.717, 1.165) is 16.8 Å². The van der Waals surface area contributed by atoms with Crippen LogP contribution in [0.2, 0.25) is 0 Å². The van der Waals surface area contributed by atoms with E-state index in [2.05, 4.69) is 15.5 Å². The van der Waals surface area contributed by atoms with Crippen LogP contribution in [-0.2, 0) is 16.9 Å². The van der Waals surface area contributed by atoms with Crippen LogP contribution in [-0.4, -0.2) is 25.5 Å². The highest BCUT2D eigenvalue weighted by molar-refractivity contribution is 5.90. The first-order chi connectivity index (χ1) is 12.6. The van der Waals surface area contributed by atoms with Crippen molar-refractivity contribution < 1.29 is 13.6 Å². The Labute approximate surface area is 153 Å². The largest absolute Gasteiger partial charge is 0.322 e. The van der Waals surface area contributed by atoms with Gasteiger partial charge in [-0.05, 0) is 39.8 Å². The number of anilines is 1. The molecule has 7 nitrogen and oxygen atoms in total. The molecular weight excluding hydrogens is 356 g/mol. The molecule has 0 fully saturated rings. The van der Waals surface area contributed by atoms with Gasteiger partial charge in [0, 0.05) is 11.5 Å². The number of aryl methyl sites for hydroxylation is 1. The second-order valence-electron chi connectivity index (χ2n) is 7.21. The average Bonchev–Trinajstić information content (AvgIpc) is 3.01. The number of nitrogens with one attached hydrogen (secondary N) is 1. The SMILES string of the molecule is Cc1nn(CC(=O)Nc2ccc(F)cc2F)c(=O)c2c1cnn2C(C)(C)C. The smallest absolute Gasteiger partial charge is 0.293 e. The molecule has 0 aliphatic rings. The summed E-state index contributed by atoms with van der Waals surface area (Å²) in [5.74, 6) is -2.31. The van der Waals surface area contributed by atoms with E-state index in [9.17, 15) is 18.4 Å². The second-order valence-corrected chi connectivity index (χ2v) is 7.21. The van der Waals surface area contributed by atoms with Crippen molar-refractivity contribution in [1.29, 1.82) is 0 Å².